The fourth-order valence-corrected chi connectivity index (χ4v) is 1.84. The number of halogens is 4. The first-order chi connectivity index (χ1) is 9.21. The zero-order chi connectivity index (χ0) is 15.3. The van der Waals surface area contributed by atoms with Crippen LogP contribution < -0.4 is 0 Å². The fraction of sp³-hybridized carbons (Fsp3) is 0.333. The van der Waals surface area contributed by atoms with Crippen LogP contribution in [0, 0.1) is 11.3 Å². The number of nitrogens with zero attached hydrogens (tertiary/aromatic N) is 2. The van der Waals surface area contributed by atoms with Crippen molar-refractivity contribution in [1.29, 1.82) is 5.26 Å². The van der Waals surface area contributed by atoms with E-state index in [2.05, 4.69) is 0 Å². The highest BCUT2D eigenvalue weighted by atomic mass is 35.5. The molecule has 0 aliphatic carbocycles. The van der Waals surface area contributed by atoms with E-state index in [4.69, 9.17) is 22.0 Å². The number of alkyl halides is 3. The number of carbonyl (C=O) groups is 1. The van der Waals surface area contributed by atoms with Gasteiger partial charge in [0.2, 0.25) is 0 Å². The predicted molar refractivity (Wildman–Crippen MR) is 65.1 cm³/mol. The second-order valence-corrected chi connectivity index (χ2v) is 4.48. The SMILES string of the molecule is N#Cc1ccc(CN(CC(=O)O)CC(F)(F)F)c(Cl)c1. The molecule has 0 saturated carbocycles. The summed E-state index contributed by atoms with van der Waals surface area (Å²) in [7, 11) is 0. The fourth-order valence-electron chi connectivity index (χ4n) is 1.60. The third-order valence-corrected chi connectivity index (χ3v) is 2.69. The van der Waals surface area contributed by atoms with E-state index >= 15 is 0 Å². The van der Waals surface area contributed by atoms with Crippen molar-refractivity contribution in [1.82, 2.24) is 4.90 Å². The van der Waals surface area contributed by atoms with Crippen molar-refractivity contribution < 1.29 is 23.1 Å². The Kier molecular flexibility index (Phi) is 5.36. The summed E-state index contributed by atoms with van der Waals surface area (Å²) in [5.41, 5.74) is 0.607. The van der Waals surface area contributed by atoms with Gasteiger partial charge < -0.3 is 5.11 Å². The van der Waals surface area contributed by atoms with Crippen molar-refractivity contribution in [3.8, 4) is 6.07 Å². The summed E-state index contributed by atoms with van der Waals surface area (Å²) in [6.07, 6.45) is -4.51. The Hall–Kier alpha value is -1.78. The summed E-state index contributed by atoms with van der Waals surface area (Å²) in [4.78, 5) is 11.3. The average Bonchev–Trinajstić information content (AvgIpc) is 2.28. The monoisotopic (exact) mass is 306 g/mol. The van der Waals surface area contributed by atoms with E-state index < -0.39 is 25.2 Å². The number of hydrogen-bond donors (Lipinski definition) is 1. The molecule has 20 heavy (non-hydrogen) atoms. The van der Waals surface area contributed by atoms with Gasteiger partial charge in [-0.25, -0.2) is 0 Å². The molecule has 4 nitrogen and oxygen atoms in total. The molecule has 0 radical (unpaired) electrons. The van der Waals surface area contributed by atoms with Gasteiger partial charge in [-0.3, -0.25) is 9.69 Å². The van der Waals surface area contributed by atoms with Crippen LogP contribution in [0.3, 0.4) is 0 Å². The molecular weight excluding hydrogens is 297 g/mol. The molecule has 0 bridgehead atoms. The molecule has 0 spiro atoms. The molecular formula is C12H10ClF3N2O2. The van der Waals surface area contributed by atoms with Crippen LogP contribution in [-0.2, 0) is 11.3 Å². The van der Waals surface area contributed by atoms with Crippen LogP contribution in [-0.4, -0.2) is 35.2 Å². The molecule has 1 aromatic carbocycles. The van der Waals surface area contributed by atoms with Gasteiger partial charge in [0.1, 0.15) is 0 Å². The van der Waals surface area contributed by atoms with Crippen LogP contribution in [0.25, 0.3) is 0 Å². The first-order valence-electron chi connectivity index (χ1n) is 5.40. The van der Waals surface area contributed by atoms with Crippen molar-refractivity contribution in [3.63, 3.8) is 0 Å². The summed E-state index contributed by atoms with van der Waals surface area (Å²) >= 11 is 5.85. The molecule has 0 amide bonds. The van der Waals surface area contributed by atoms with Crippen molar-refractivity contribution in [2.75, 3.05) is 13.1 Å². The highest BCUT2D eigenvalue weighted by Gasteiger charge is 2.31. The Labute approximate surface area is 118 Å². The van der Waals surface area contributed by atoms with Crippen LogP contribution in [0.5, 0.6) is 0 Å². The van der Waals surface area contributed by atoms with E-state index in [9.17, 15) is 18.0 Å². The van der Waals surface area contributed by atoms with Gasteiger partial charge in [-0.2, -0.15) is 18.4 Å². The highest BCUT2D eigenvalue weighted by molar-refractivity contribution is 6.31. The zero-order valence-corrected chi connectivity index (χ0v) is 10.9. The topological polar surface area (TPSA) is 64.3 Å². The van der Waals surface area contributed by atoms with Crippen molar-refractivity contribution in [2.24, 2.45) is 0 Å². The lowest BCUT2D eigenvalue weighted by molar-refractivity contribution is -0.154. The third kappa shape index (κ3) is 5.47. The number of carboxylic acids is 1. The molecule has 8 heteroatoms. The Morgan fingerprint density at radius 3 is 2.55 bits per heavy atom. The van der Waals surface area contributed by atoms with E-state index in [1.807, 2.05) is 6.07 Å². The number of hydrogen-bond acceptors (Lipinski definition) is 3. The van der Waals surface area contributed by atoms with Crippen LogP contribution in [0.15, 0.2) is 18.2 Å². The number of aliphatic carboxylic acids is 1. The smallest absolute Gasteiger partial charge is 0.401 e. The molecule has 0 aromatic heterocycles. The largest absolute Gasteiger partial charge is 0.480 e. The second-order valence-electron chi connectivity index (χ2n) is 4.07. The Balaban J connectivity index is 2.89. The van der Waals surface area contributed by atoms with E-state index in [-0.39, 0.29) is 17.1 Å². The van der Waals surface area contributed by atoms with Crippen molar-refractivity contribution in [3.05, 3.63) is 34.3 Å². The highest BCUT2D eigenvalue weighted by Crippen LogP contribution is 2.22. The maximum Gasteiger partial charge on any atom is 0.401 e. The average molecular weight is 307 g/mol. The summed E-state index contributed by atoms with van der Waals surface area (Å²) in [5.74, 6) is -1.36. The van der Waals surface area contributed by atoms with Crippen molar-refractivity contribution in [2.45, 2.75) is 12.7 Å². The first-order valence-corrected chi connectivity index (χ1v) is 5.78. The molecule has 1 rings (SSSR count). The van der Waals surface area contributed by atoms with Crippen LogP contribution in [0.2, 0.25) is 5.02 Å². The van der Waals surface area contributed by atoms with Gasteiger partial charge in [0.15, 0.2) is 0 Å². The molecule has 0 aliphatic heterocycles. The van der Waals surface area contributed by atoms with E-state index in [0.29, 0.717) is 5.56 Å². The van der Waals surface area contributed by atoms with Crippen LogP contribution in [0.4, 0.5) is 13.2 Å². The minimum absolute atomic E-state index is 0.126. The van der Waals surface area contributed by atoms with Gasteiger partial charge in [-0.05, 0) is 17.7 Å². The lowest BCUT2D eigenvalue weighted by Gasteiger charge is -2.22. The third-order valence-electron chi connectivity index (χ3n) is 2.34. The van der Waals surface area contributed by atoms with E-state index in [0.717, 1.165) is 4.90 Å². The van der Waals surface area contributed by atoms with Gasteiger partial charge >= 0.3 is 12.1 Å². The maximum absolute atomic E-state index is 12.4. The summed E-state index contributed by atoms with van der Waals surface area (Å²) in [6.45, 7) is -2.37. The lowest BCUT2D eigenvalue weighted by Crippen LogP contribution is -2.37. The summed E-state index contributed by atoms with van der Waals surface area (Å²) in [6, 6.07) is 5.99. The molecule has 1 aromatic rings. The molecule has 0 saturated heterocycles. The van der Waals surface area contributed by atoms with Crippen molar-refractivity contribution >= 4 is 17.6 Å². The molecule has 0 aliphatic rings. The standard InChI is InChI=1S/C12H10ClF3N2O2/c13-10-3-8(4-17)1-2-9(10)5-18(6-11(19)20)7-12(14,15)16/h1-3H,5-7H2,(H,19,20). The number of rotatable bonds is 5. The van der Waals surface area contributed by atoms with E-state index in [1.165, 1.54) is 18.2 Å². The van der Waals surface area contributed by atoms with Gasteiger partial charge in [0.05, 0.1) is 24.7 Å². The predicted octanol–water partition coefficient (Wildman–Crippen LogP) is 2.66. The van der Waals surface area contributed by atoms with Gasteiger partial charge in [-0.15, -0.1) is 0 Å². The first kappa shape index (κ1) is 16.3. The van der Waals surface area contributed by atoms with Crippen LogP contribution >= 0.6 is 11.6 Å². The second kappa shape index (κ2) is 6.59. The van der Waals surface area contributed by atoms with Gasteiger partial charge in [0.25, 0.3) is 0 Å². The minimum atomic E-state index is -4.51. The Morgan fingerprint density at radius 1 is 1.45 bits per heavy atom. The van der Waals surface area contributed by atoms with Gasteiger partial charge in [0, 0.05) is 11.6 Å². The lowest BCUT2D eigenvalue weighted by atomic mass is 10.1. The minimum Gasteiger partial charge on any atom is -0.480 e. The molecule has 0 fully saturated rings. The van der Waals surface area contributed by atoms with E-state index in [1.54, 1.807) is 0 Å². The normalized spacial score (nSPS) is 11.4. The molecule has 0 heterocycles. The summed E-state index contributed by atoms with van der Waals surface area (Å²) < 4.78 is 37.1. The van der Waals surface area contributed by atoms with Crippen LogP contribution in [0.1, 0.15) is 11.1 Å². The summed E-state index contributed by atoms with van der Waals surface area (Å²) in [5, 5.41) is 17.4. The maximum atomic E-state index is 12.4. The molecule has 1 N–H and O–H groups in total. The number of carboxylic acid groups (broad SMARTS) is 1. The quantitative estimate of drug-likeness (QED) is 0.908. The number of benzene rings is 1. The Morgan fingerprint density at radius 2 is 2.10 bits per heavy atom. The Bertz CT molecular complexity index is 540. The molecule has 0 unspecified atom stereocenters. The number of nitriles is 1. The molecule has 108 valence electrons. The zero-order valence-electron chi connectivity index (χ0n) is 10.1. The van der Waals surface area contributed by atoms with Gasteiger partial charge in [-0.1, -0.05) is 17.7 Å². The molecule has 0 atom stereocenters.